The molecule has 1 spiro atoms. The molecule has 146 valence electrons. The van der Waals surface area contributed by atoms with Gasteiger partial charge in [0.1, 0.15) is 11.6 Å². The first kappa shape index (κ1) is 17.5. The van der Waals surface area contributed by atoms with E-state index in [0.717, 1.165) is 51.4 Å². The minimum absolute atomic E-state index is 0.0691. The smallest absolute Gasteiger partial charge is 0.185 e. The zero-order valence-corrected chi connectivity index (χ0v) is 15.6. The van der Waals surface area contributed by atoms with Gasteiger partial charge in [-0.3, -0.25) is 0 Å². The van der Waals surface area contributed by atoms with E-state index < -0.39 is 0 Å². The van der Waals surface area contributed by atoms with E-state index in [1.54, 1.807) is 10.6 Å². The summed E-state index contributed by atoms with van der Waals surface area (Å²) < 4.78 is 27.1. The fourth-order valence-electron chi connectivity index (χ4n) is 4.02. The molecular weight excluding hydrogens is 361 g/mol. The van der Waals surface area contributed by atoms with Crippen LogP contribution in [-0.2, 0) is 9.47 Å². The Morgan fingerprint density at radius 2 is 1.86 bits per heavy atom. The van der Waals surface area contributed by atoms with Gasteiger partial charge in [0.05, 0.1) is 12.2 Å². The van der Waals surface area contributed by atoms with Crippen LogP contribution in [0.5, 0.6) is 0 Å². The third-order valence-corrected chi connectivity index (χ3v) is 5.67. The Labute approximate surface area is 162 Å². The summed E-state index contributed by atoms with van der Waals surface area (Å²) in [6.45, 7) is 3.84. The van der Waals surface area contributed by atoms with Crippen LogP contribution < -0.4 is 4.90 Å². The molecule has 4 heterocycles. The molecule has 0 saturated carbocycles. The van der Waals surface area contributed by atoms with Gasteiger partial charge < -0.3 is 14.4 Å². The van der Waals surface area contributed by atoms with E-state index in [9.17, 15) is 4.39 Å². The fourth-order valence-corrected chi connectivity index (χ4v) is 4.02. The first-order valence-electron chi connectivity index (χ1n) is 9.68. The van der Waals surface area contributed by atoms with Crippen LogP contribution in [0.4, 0.5) is 10.2 Å². The van der Waals surface area contributed by atoms with E-state index in [1.165, 1.54) is 12.1 Å². The van der Waals surface area contributed by atoms with Gasteiger partial charge in [-0.25, -0.2) is 4.39 Å². The molecule has 0 unspecified atom stereocenters. The van der Waals surface area contributed by atoms with E-state index in [-0.39, 0.29) is 11.4 Å². The van der Waals surface area contributed by atoms with E-state index >= 15 is 0 Å². The summed E-state index contributed by atoms with van der Waals surface area (Å²) in [6, 6.07) is 10.2. The Kier molecular flexibility index (Phi) is 4.44. The Hall–Kier alpha value is -2.58. The van der Waals surface area contributed by atoms with Crippen molar-refractivity contribution in [2.75, 3.05) is 37.8 Å². The molecule has 0 atom stereocenters. The van der Waals surface area contributed by atoms with Gasteiger partial charge in [0.2, 0.25) is 0 Å². The molecule has 0 aliphatic carbocycles. The molecule has 0 amide bonds. The van der Waals surface area contributed by atoms with Gasteiger partial charge in [0.15, 0.2) is 11.5 Å². The van der Waals surface area contributed by atoms with Crippen LogP contribution in [0.3, 0.4) is 0 Å². The van der Waals surface area contributed by atoms with Gasteiger partial charge in [0, 0.05) is 31.9 Å². The number of aromatic nitrogens is 4. The van der Waals surface area contributed by atoms with Crippen molar-refractivity contribution < 1.29 is 13.9 Å². The van der Waals surface area contributed by atoms with Crippen LogP contribution in [0.25, 0.3) is 17.0 Å². The average Bonchev–Trinajstić information content (AvgIpc) is 3.04. The van der Waals surface area contributed by atoms with Crippen molar-refractivity contribution in [2.45, 2.75) is 24.9 Å². The lowest BCUT2D eigenvalue weighted by atomic mass is 9.90. The third-order valence-electron chi connectivity index (χ3n) is 5.67. The number of ether oxygens (including phenoxy) is 2. The Balaban J connectivity index is 1.44. The lowest BCUT2D eigenvalue weighted by Crippen LogP contribution is -2.39. The summed E-state index contributed by atoms with van der Waals surface area (Å²) in [4.78, 5) is 2.24. The number of anilines is 1. The standard InChI is InChI=1S/C20H22FN5O2/c21-16-3-1-2-15(14-16)19-23-22-17-4-5-18(24-26(17)19)25-9-6-20(28-13-10-25)7-11-27-12-8-20/h1-5,14H,6-13H2. The maximum absolute atomic E-state index is 13.6. The second kappa shape index (κ2) is 7.10. The van der Waals surface area contributed by atoms with Crippen LogP contribution in [0.2, 0.25) is 0 Å². The van der Waals surface area contributed by atoms with Crippen molar-refractivity contribution >= 4 is 11.5 Å². The van der Waals surface area contributed by atoms with Crippen LogP contribution in [0.15, 0.2) is 36.4 Å². The van der Waals surface area contributed by atoms with Gasteiger partial charge in [0.25, 0.3) is 0 Å². The number of halogens is 1. The molecule has 1 aromatic carbocycles. The van der Waals surface area contributed by atoms with Crippen LogP contribution in [-0.4, -0.2) is 58.3 Å². The summed E-state index contributed by atoms with van der Waals surface area (Å²) in [6.07, 6.45) is 2.85. The van der Waals surface area contributed by atoms with E-state index in [0.29, 0.717) is 23.6 Å². The number of hydrogen-bond donors (Lipinski definition) is 0. The van der Waals surface area contributed by atoms with Crippen LogP contribution in [0.1, 0.15) is 19.3 Å². The molecule has 0 bridgehead atoms. The summed E-state index contributed by atoms with van der Waals surface area (Å²) in [5.41, 5.74) is 1.22. The topological polar surface area (TPSA) is 64.8 Å². The lowest BCUT2D eigenvalue weighted by molar-refractivity contribution is -0.105. The van der Waals surface area contributed by atoms with Crippen molar-refractivity contribution in [2.24, 2.45) is 0 Å². The van der Waals surface area contributed by atoms with Gasteiger partial charge in [-0.05, 0) is 43.5 Å². The molecule has 0 N–H and O–H groups in total. The molecule has 2 saturated heterocycles. The molecule has 28 heavy (non-hydrogen) atoms. The van der Waals surface area contributed by atoms with Gasteiger partial charge in [-0.1, -0.05) is 12.1 Å². The summed E-state index contributed by atoms with van der Waals surface area (Å²) in [5.74, 6) is 1.07. The number of fused-ring (bicyclic) bond motifs is 1. The van der Waals surface area contributed by atoms with Crippen molar-refractivity contribution in [3.63, 3.8) is 0 Å². The molecule has 2 aromatic heterocycles. The number of hydrogen-bond acceptors (Lipinski definition) is 6. The second-order valence-electron chi connectivity index (χ2n) is 7.38. The monoisotopic (exact) mass is 383 g/mol. The van der Waals surface area contributed by atoms with Crippen molar-refractivity contribution in [3.05, 3.63) is 42.2 Å². The molecule has 5 rings (SSSR count). The predicted molar refractivity (Wildman–Crippen MR) is 102 cm³/mol. The van der Waals surface area contributed by atoms with Gasteiger partial charge in [-0.15, -0.1) is 15.3 Å². The van der Waals surface area contributed by atoms with E-state index in [2.05, 4.69) is 15.1 Å². The molecule has 0 radical (unpaired) electrons. The van der Waals surface area contributed by atoms with E-state index in [4.69, 9.17) is 14.6 Å². The SMILES string of the molecule is Fc1cccc(-c2nnc3ccc(N4CCOC5(CCOCC5)CC4)nn23)c1. The van der Waals surface area contributed by atoms with E-state index in [1.807, 2.05) is 18.2 Å². The highest BCUT2D eigenvalue weighted by atomic mass is 19.1. The maximum atomic E-state index is 13.6. The quantitative estimate of drug-likeness (QED) is 0.678. The molecule has 8 heteroatoms. The lowest BCUT2D eigenvalue weighted by Gasteiger charge is -2.35. The second-order valence-corrected chi connectivity index (χ2v) is 7.38. The number of rotatable bonds is 2. The number of benzene rings is 1. The first-order chi connectivity index (χ1) is 13.7. The normalized spacial score (nSPS) is 19.8. The van der Waals surface area contributed by atoms with Crippen LogP contribution in [0, 0.1) is 5.82 Å². The number of nitrogens with zero attached hydrogens (tertiary/aromatic N) is 5. The Bertz CT molecular complexity index is 986. The zero-order chi connectivity index (χ0) is 19.0. The molecule has 2 fully saturated rings. The molecular formula is C20H22FN5O2. The minimum Gasteiger partial charge on any atom is -0.381 e. The van der Waals surface area contributed by atoms with Crippen LogP contribution >= 0.6 is 0 Å². The van der Waals surface area contributed by atoms with Crippen molar-refractivity contribution in [1.82, 2.24) is 19.8 Å². The fraction of sp³-hybridized carbons (Fsp3) is 0.450. The highest BCUT2D eigenvalue weighted by Gasteiger charge is 2.35. The van der Waals surface area contributed by atoms with Crippen molar-refractivity contribution in [1.29, 1.82) is 0 Å². The van der Waals surface area contributed by atoms with Gasteiger partial charge >= 0.3 is 0 Å². The van der Waals surface area contributed by atoms with Gasteiger partial charge in [-0.2, -0.15) is 4.52 Å². The largest absolute Gasteiger partial charge is 0.381 e. The molecule has 2 aliphatic heterocycles. The Morgan fingerprint density at radius 1 is 0.964 bits per heavy atom. The van der Waals surface area contributed by atoms with Crippen molar-refractivity contribution in [3.8, 4) is 11.4 Å². The Morgan fingerprint density at radius 3 is 2.71 bits per heavy atom. The highest BCUT2D eigenvalue weighted by molar-refractivity contribution is 5.59. The first-order valence-corrected chi connectivity index (χ1v) is 9.68. The molecule has 2 aliphatic rings. The minimum atomic E-state index is -0.308. The third kappa shape index (κ3) is 3.22. The molecule has 3 aromatic rings. The average molecular weight is 383 g/mol. The zero-order valence-electron chi connectivity index (χ0n) is 15.6. The summed E-state index contributed by atoms with van der Waals surface area (Å²) >= 11 is 0. The summed E-state index contributed by atoms with van der Waals surface area (Å²) in [7, 11) is 0. The summed E-state index contributed by atoms with van der Waals surface area (Å²) in [5, 5.41) is 13.1. The maximum Gasteiger partial charge on any atom is 0.185 e. The predicted octanol–water partition coefficient (Wildman–Crippen LogP) is 2.71. The highest BCUT2D eigenvalue weighted by Crippen LogP contribution is 2.31. The molecule has 7 nitrogen and oxygen atoms in total.